The second kappa shape index (κ2) is 11.3. The number of sulfonamides is 1. The summed E-state index contributed by atoms with van der Waals surface area (Å²) >= 11 is 0. The number of hydrogen-bond donors (Lipinski definition) is 2. The highest BCUT2D eigenvalue weighted by Crippen LogP contribution is 2.37. The summed E-state index contributed by atoms with van der Waals surface area (Å²) in [6.45, 7) is 1.09. The number of para-hydroxylation sites is 1. The van der Waals surface area contributed by atoms with Gasteiger partial charge in [0.05, 0.1) is 23.3 Å². The lowest BCUT2D eigenvalue weighted by Crippen LogP contribution is -2.54. The minimum atomic E-state index is -3.32. The van der Waals surface area contributed by atoms with Gasteiger partial charge in [-0.15, -0.1) is 0 Å². The molecule has 0 bridgehead atoms. The number of carbonyl (C=O) groups is 2. The molecule has 2 aromatic rings. The van der Waals surface area contributed by atoms with Crippen LogP contribution in [-0.2, 0) is 21.2 Å². The molecular formula is C27H33N3O5S. The summed E-state index contributed by atoms with van der Waals surface area (Å²) in [4.78, 5) is 26.7. The van der Waals surface area contributed by atoms with E-state index in [1.165, 1.54) is 10.6 Å². The molecule has 0 aliphatic carbocycles. The molecule has 2 aliphatic rings. The van der Waals surface area contributed by atoms with Crippen LogP contribution in [0, 0.1) is 5.41 Å². The van der Waals surface area contributed by atoms with E-state index in [1.807, 2.05) is 48.6 Å². The van der Waals surface area contributed by atoms with Crippen LogP contribution in [0.2, 0.25) is 0 Å². The van der Waals surface area contributed by atoms with E-state index in [2.05, 4.69) is 10.6 Å². The molecule has 8 nitrogen and oxygen atoms in total. The highest BCUT2D eigenvalue weighted by atomic mass is 32.2. The molecule has 0 aromatic heterocycles. The van der Waals surface area contributed by atoms with Gasteiger partial charge in [-0.3, -0.25) is 9.59 Å². The van der Waals surface area contributed by atoms with Crippen LogP contribution >= 0.6 is 0 Å². The number of benzene rings is 2. The maximum atomic E-state index is 13.7. The quantitative estimate of drug-likeness (QED) is 0.617. The van der Waals surface area contributed by atoms with Crippen molar-refractivity contribution in [2.24, 2.45) is 5.41 Å². The second-order valence-electron chi connectivity index (χ2n) is 9.50. The second-order valence-corrected chi connectivity index (χ2v) is 11.5. The first-order chi connectivity index (χ1) is 17.3. The first-order valence-electron chi connectivity index (χ1n) is 12.2. The predicted molar refractivity (Wildman–Crippen MR) is 138 cm³/mol. The summed E-state index contributed by atoms with van der Waals surface area (Å²) in [6.07, 6.45) is 6.84. The summed E-state index contributed by atoms with van der Waals surface area (Å²) in [7, 11) is -3.32. The molecule has 36 heavy (non-hydrogen) atoms. The maximum Gasteiger partial charge on any atom is 0.255 e. The monoisotopic (exact) mass is 511 g/mol. The van der Waals surface area contributed by atoms with Crippen LogP contribution in [0.4, 0.5) is 0 Å². The Balaban J connectivity index is 1.61. The van der Waals surface area contributed by atoms with E-state index in [-0.39, 0.29) is 31.0 Å². The third-order valence-corrected chi connectivity index (χ3v) is 8.24. The summed E-state index contributed by atoms with van der Waals surface area (Å²) < 4.78 is 31.4. The van der Waals surface area contributed by atoms with Crippen LogP contribution in [0.5, 0.6) is 5.75 Å². The molecule has 0 radical (unpaired) electrons. The molecule has 2 aliphatic heterocycles. The Morgan fingerprint density at radius 2 is 1.69 bits per heavy atom. The normalized spacial score (nSPS) is 22.4. The fraction of sp³-hybridized carbons (Fsp3) is 0.407. The van der Waals surface area contributed by atoms with Gasteiger partial charge in [0.2, 0.25) is 15.9 Å². The molecule has 9 heteroatoms. The van der Waals surface area contributed by atoms with Crippen molar-refractivity contribution in [2.75, 3.05) is 32.5 Å². The van der Waals surface area contributed by atoms with Crippen LogP contribution < -0.4 is 15.4 Å². The molecule has 2 heterocycles. The lowest BCUT2D eigenvalue weighted by molar-refractivity contribution is -0.134. The molecule has 0 unspecified atom stereocenters. The Morgan fingerprint density at radius 1 is 1.00 bits per heavy atom. The number of fused-ring (bicyclic) bond motifs is 1. The summed E-state index contributed by atoms with van der Waals surface area (Å²) in [5.74, 6) is 0.112. The van der Waals surface area contributed by atoms with Gasteiger partial charge in [-0.1, -0.05) is 54.6 Å². The van der Waals surface area contributed by atoms with Crippen molar-refractivity contribution in [1.29, 1.82) is 0 Å². The largest absolute Gasteiger partial charge is 0.489 e. The summed E-state index contributed by atoms with van der Waals surface area (Å²) in [5.41, 5.74) is 0.749. The molecule has 2 amide bonds. The maximum absolute atomic E-state index is 13.7. The predicted octanol–water partition coefficient (Wildman–Crippen LogP) is 2.52. The van der Waals surface area contributed by atoms with Gasteiger partial charge in [0.1, 0.15) is 12.4 Å². The Labute approximate surface area is 212 Å². The zero-order chi connectivity index (χ0) is 25.6. The van der Waals surface area contributed by atoms with Gasteiger partial charge in [0.15, 0.2) is 0 Å². The fourth-order valence-electron chi connectivity index (χ4n) is 4.79. The number of nitrogens with zero attached hydrogens (tertiary/aromatic N) is 1. The van der Waals surface area contributed by atoms with Gasteiger partial charge in [-0.2, -0.15) is 0 Å². The molecule has 1 saturated heterocycles. The van der Waals surface area contributed by atoms with E-state index in [0.717, 1.165) is 5.56 Å². The van der Waals surface area contributed by atoms with Gasteiger partial charge < -0.3 is 15.4 Å². The lowest BCUT2D eigenvalue weighted by Gasteiger charge is -2.40. The molecule has 2 aromatic carbocycles. The van der Waals surface area contributed by atoms with E-state index in [4.69, 9.17) is 4.74 Å². The van der Waals surface area contributed by atoms with Crippen LogP contribution in [0.3, 0.4) is 0 Å². The Morgan fingerprint density at radius 3 is 2.42 bits per heavy atom. The highest BCUT2D eigenvalue weighted by Gasteiger charge is 2.42. The lowest BCUT2D eigenvalue weighted by atomic mass is 9.75. The SMILES string of the molecule is CS(=O)(=O)N1CCC2(C/C=C/COc3ccccc3C(=O)NC[C@@H](Cc3ccccc3)NC2=O)CC1. The van der Waals surface area contributed by atoms with Crippen LogP contribution in [0.15, 0.2) is 66.7 Å². The van der Waals surface area contributed by atoms with Gasteiger partial charge in [-0.25, -0.2) is 12.7 Å². The average Bonchev–Trinajstić information content (AvgIpc) is 2.87. The van der Waals surface area contributed by atoms with Crippen molar-refractivity contribution < 1.29 is 22.7 Å². The molecule has 4 rings (SSSR count). The number of nitrogens with one attached hydrogen (secondary N) is 2. The molecule has 1 spiro atoms. The van der Waals surface area contributed by atoms with E-state index in [0.29, 0.717) is 50.1 Å². The van der Waals surface area contributed by atoms with Crippen molar-refractivity contribution in [3.05, 3.63) is 77.9 Å². The Bertz CT molecular complexity index is 1200. The van der Waals surface area contributed by atoms with Crippen molar-refractivity contribution in [3.8, 4) is 5.75 Å². The van der Waals surface area contributed by atoms with E-state index < -0.39 is 15.4 Å². The molecule has 2 N–H and O–H groups in total. The summed E-state index contributed by atoms with van der Waals surface area (Å²) in [5, 5.41) is 6.15. The van der Waals surface area contributed by atoms with Gasteiger partial charge in [-0.05, 0) is 43.4 Å². The van der Waals surface area contributed by atoms with E-state index in [1.54, 1.807) is 18.2 Å². The zero-order valence-corrected chi connectivity index (χ0v) is 21.3. The number of piperidine rings is 1. The van der Waals surface area contributed by atoms with Crippen LogP contribution in [-0.4, -0.2) is 63.1 Å². The van der Waals surface area contributed by atoms with Crippen molar-refractivity contribution in [1.82, 2.24) is 14.9 Å². The van der Waals surface area contributed by atoms with Gasteiger partial charge >= 0.3 is 0 Å². The minimum Gasteiger partial charge on any atom is -0.489 e. The van der Waals surface area contributed by atoms with Gasteiger partial charge in [0, 0.05) is 19.6 Å². The van der Waals surface area contributed by atoms with E-state index in [9.17, 15) is 18.0 Å². The summed E-state index contributed by atoms with van der Waals surface area (Å²) in [6, 6.07) is 16.6. The van der Waals surface area contributed by atoms with Gasteiger partial charge in [0.25, 0.3) is 5.91 Å². The smallest absolute Gasteiger partial charge is 0.255 e. The fourth-order valence-corrected chi connectivity index (χ4v) is 5.63. The molecule has 1 fully saturated rings. The third kappa shape index (κ3) is 6.33. The van der Waals surface area contributed by atoms with Crippen LogP contribution in [0.25, 0.3) is 0 Å². The molecular weight excluding hydrogens is 478 g/mol. The van der Waals surface area contributed by atoms with Crippen molar-refractivity contribution in [2.45, 2.75) is 31.7 Å². The Kier molecular flexibility index (Phi) is 8.11. The number of ether oxygens (including phenoxy) is 1. The molecule has 192 valence electrons. The number of allylic oxidation sites excluding steroid dienone is 1. The highest BCUT2D eigenvalue weighted by molar-refractivity contribution is 7.88. The molecule has 0 saturated carbocycles. The molecule has 1 atom stereocenters. The Hall–Kier alpha value is -3.17. The average molecular weight is 512 g/mol. The number of rotatable bonds is 3. The number of hydrogen-bond acceptors (Lipinski definition) is 5. The van der Waals surface area contributed by atoms with Crippen molar-refractivity contribution in [3.63, 3.8) is 0 Å². The number of amides is 2. The van der Waals surface area contributed by atoms with Crippen LogP contribution in [0.1, 0.15) is 35.2 Å². The number of carbonyl (C=O) groups excluding carboxylic acids is 2. The topological polar surface area (TPSA) is 105 Å². The first-order valence-corrected chi connectivity index (χ1v) is 14.1. The third-order valence-electron chi connectivity index (χ3n) is 6.94. The minimum absolute atomic E-state index is 0.117. The van der Waals surface area contributed by atoms with E-state index >= 15 is 0 Å². The van der Waals surface area contributed by atoms with Crippen molar-refractivity contribution >= 4 is 21.8 Å². The standard InChI is InChI=1S/C27H33N3O5S/c1-36(33,34)30-16-14-27(15-17-30)13-7-8-18-35-24-12-6-5-11-23(24)25(31)28-20-22(29-26(27)32)19-21-9-3-2-4-10-21/h2-12,22H,13-20H2,1H3,(H,28,31)(H,29,32)/b8-7+/t22-/m1/s1. The zero-order valence-electron chi connectivity index (χ0n) is 20.5. The first kappa shape index (κ1) is 25.9.